The minimum Gasteiger partial charge on any atom is -0.339 e. The lowest BCUT2D eigenvalue weighted by Gasteiger charge is -2.31. The van der Waals surface area contributed by atoms with Gasteiger partial charge in [0.15, 0.2) is 0 Å². The van der Waals surface area contributed by atoms with Gasteiger partial charge in [-0.05, 0) is 30.5 Å². The molecule has 0 aliphatic carbocycles. The Morgan fingerprint density at radius 1 is 1.15 bits per heavy atom. The molecule has 0 spiro atoms. The molecule has 7 heteroatoms. The number of benzene rings is 1. The van der Waals surface area contributed by atoms with Crippen molar-refractivity contribution in [3.8, 4) is 11.1 Å². The van der Waals surface area contributed by atoms with Crippen LogP contribution in [0.3, 0.4) is 0 Å². The number of aromatic nitrogens is 4. The number of hydrogen-bond donors (Lipinski definition) is 2. The molecule has 1 aliphatic heterocycles. The van der Waals surface area contributed by atoms with Gasteiger partial charge in [-0.2, -0.15) is 5.10 Å². The summed E-state index contributed by atoms with van der Waals surface area (Å²) in [6, 6.07) is 9.15. The van der Waals surface area contributed by atoms with Crippen molar-refractivity contribution in [2.45, 2.75) is 18.8 Å². The molecule has 4 rings (SSSR count). The van der Waals surface area contributed by atoms with Gasteiger partial charge in [0.25, 0.3) is 11.5 Å². The third-order valence-corrected chi connectivity index (χ3v) is 4.84. The average molecular weight is 349 g/mol. The maximum atomic E-state index is 12.9. The first-order valence-electron chi connectivity index (χ1n) is 8.64. The number of carbonyl (C=O) groups excluding carboxylic acids is 1. The number of nitrogens with one attached hydrogen (secondary N) is 2. The highest BCUT2D eigenvalue weighted by Crippen LogP contribution is 2.27. The van der Waals surface area contributed by atoms with Crippen LogP contribution in [0.5, 0.6) is 0 Å². The number of hydrogen-bond acceptors (Lipinski definition) is 4. The molecule has 1 amide bonds. The number of carbonyl (C=O) groups is 1. The average Bonchev–Trinajstić information content (AvgIpc) is 3.23. The van der Waals surface area contributed by atoms with Crippen LogP contribution in [-0.2, 0) is 0 Å². The lowest BCUT2D eigenvalue weighted by atomic mass is 9.93. The van der Waals surface area contributed by atoms with Crippen LogP contribution in [-0.4, -0.2) is 44.1 Å². The molecule has 2 aromatic heterocycles. The zero-order valence-corrected chi connectivity index (χ0v) is 14.2. The second-order valence-corrected chi connectivity index (χ2v) is 6.47. The first-order valence-corrected chi connectivity index (χ1v) is 8.64. The minimum absolute atomic E-state index is 0.0349. The minimum atomic E-state index is -0.135. The summed E-state index contributed by atoms with van der Waals surface area (Å²) >= 11 is 0. The number of H-pyrrole nitrogens is 2. The third kappa shape index (κ3) is 3.28. The van der Waals surface area contributed by atoms with E-state index in [2.05, 4.69) is 20.2 Å². The van der Waals surface area contributed by atoms with E-state index in [1.807, 2.05) is 35.4 Å². The standard InChI is InChI=1S/C19H19N5O2/c25-18-9-17(20-12-21-18)13-4-6-24(7-5-13)19(26)15-3-1-2-14(8-15)16-10-22-23-11-16/h1-3,8-13H,4-7H2,(H,22,23)(H,20,21,25). The van der Waals surface area contributed by atoms with E-state index in [4.69, 9.17) is 0 Å². The van der Waals surface area contributed by atoms with E-state index in [1.165, 1.54) is 6.33 Å². The lowest BCUT2D eigenvalue weighted by Crippen LogP contribution is -2.38. The Balaban J connectivity index is 1.45. The van der Waals surface area contributed by atoms with Crippen LogP contribution in [0.4, 0.5) is 0 Å². The number of piperidine rings is 1. The first-order chi connectivity index (χ1) is 12.7. The van der Waals surface area contributed by atoms with Gasteiger partial charge in [0.05, 0.1) is 18.2 Å². The molecule has 0 bridgehead atoms. The molecule has 3 aromatic rings. The van der Waals surface area contributed by atoms with Crippen molar-refractivity contribution in [1.29, 1.82) is 0 Å². The van der Waals surface area contributed by atoms with Gasteiger partial charge in [-0.15, -0.1) is 0 Å². The Morgan fingerprint density at radius 3 is 2.73 bits per heavy atom. The van der Waals surface area contributed by atoms with Crippen LogP contribution in [0.15, 0.2) is 53.8 Å². The zero-order valence-electron chi connectivity index (χ0n) is 14.2. The van der Waals surface area contributed by atoms with Crippen LogP contribution in [0.1, 0.15) is 34.8 Å². The highest BCUT2D eigenvalue weighted by Gasteiger charge is 2.25. The molecule has 0 saturated carbocycles. The normalized spacial score (nSPS) is 15.2. The van der Waals surface area contributed by atoms with Crippen LogP contribution in [0.25, 0.3) is 11.1 Å². The van der Waals surface area contributed by atoms with Crippen molar-refractivity contribution in [2.24, 2.45) is 0 Å². The van der Waals surface area contributed by atoms with Gasteiger partial charge in [0.1, 0.15) is 0 Å². The molecular weight excluding hydrogens is 330 g/mol. The molecule has 0 atom stereocenters. The highest BCUT2D eigenvalue weighted by atomic mass is 16.2. The molecule has 1 aliphatic rings. The van der Waals surface area contributed by atoms with E-state index >= 15 is 0 Å². The molecule has 3 heterocycles. The van der Waals surface area contributed by atoms with Crippen molar-refractivity contribution in [3.05, 3.63) is 70.7 Å². The maximum absolute atomic E-state index is 12.9. The van der Waals surface area contributed by atoms with Crippen molar-refractivity contribution < 1.29 is 4.79 Å². The molecule has 0 radical (unpaired) electrons. The molecular formula is C19H19N5O2. The first kappa shape index (κ1) is 16.3. The largest absolute Gasteiger partial charge is 0.339 e. The number of aromatic amines is 2. The molecule has 0 unspecified atom stereocenters. The van der Waals surface area contributed by atoms with Gasteiger partial charge < -0.3 is 9.88 Å². The quantitative estimate of drug-likeness (QED) is 0.758. The Kier molecular flexibility index (Phi) is 4.35. The fraction of sp³-hybridized carbons (Fsp3) is 0.263. The fourth-order valence-corrected chi connectivity index (χ4v) is 3.41. The molecule has 1 saturated heterocycles. The summed E-state index contributed by atoms with van der Waals surface area (Å²) in [7, 11) is 0. The van der Waals surface area contributed by atoms with Gasteiger partial charge in [-0.25, -0.2) is 4.98 Å². The van der Waals surface area contributed by atoms with Crippen LogP contribution < -0.4 is 5.56 Å². The number of likely N-dealkylation sites (tertiary alicyclic amines) is 1. The van der Waals surface area contributed by atoms with Gasteiger partial charge in [-0.3, -0.25) is 14.7 Å². The predicted molar refractivity (Wildman–Crippen MR) is 96.8 cm³/mol. The summed E-state index contributed by atoms with van der Waals surface area (Å²) < 4.78 is 0. The molecule has 2 N–H and O–H groups in total. The lowest BCUT2D eigenvalue weighted by molar-refractivity contribution is 0.0712. The second-order valence-electron chi connectivity index (χ2n) is 6.47. The molecule has 26 heavy (non-hydrogen) atoms. The van der Waals surface area contributed by atoms with Crippen molar-refractivity contribution in [2.75, 3.05) is 13.1 Å². The van der Waals surface area contributed by atoms with E-state index in [0.29, 0.717) is 18.7 Å². The van der Waals surface area contributed by atoms with E-state index in [0.717, 1.165) is 29.7 Å². The third-order valence-electron chi connectivity index (χ3n) is 4.84. The van der Waals surface area contributed by atoms with Gasteiger partial charge in [0.2, 0.25) is 0 Å². The van der Waals surface area contributed by atoms with E-state index in [1.54, 1.807) is 12.3 Å². The summed E-state index contributed by atoms with van der Waals surface area (Å²) in [4.78, 5) is 33.0. The smallest absolute Gasteiger partial charge is 0.253 e. The Morgan fingerprint density at radius 2 is 2.00 bits per heavy atom. The van der Waals surface area contributed by atoms with Crippen LogP contribution in [0.2, 0.25) is 0 Å². The van der Waals surface area contributed by atoms with Gasteiger partial charge in [0, 0.05) is 42.4 Å². The summed E-state index contributed by atoms with van der Waals surface area (Å²) in [5.74, 6) is 0.256. The number of rotatable bonds is 3. The second kappa shape index (κ2) is 6.95. The van der Waals surface area contributed by atoms with Crippen molar-refractivity contribution in [3.63, 3.8) is 0 Å². The van der Waals surface area contributed by atoms with E-state index in [-0.39, 0.29) is 17.4 Å². The summed E-state index contributed by atoms with van der Waals surface area (Å²) in [6.07, 6.45) is 6.61. The Bertz CT molecular complexity index is 956. The van der Waals surface area contributed by atoms with Crippen LogP contribution >= 0.6 is 0 Å². The SMILES string of the molecule is O=C(c1cccc(-c2cn[nH]c2)c1)N1CCC(c2cc(=O)[nH]cn2)CC1. The van der Waals surface area contributed by atoms with E-state index in [9.17, 15) is 9.59 Å². The molecule has 132 valence electrons. The van der Waals surface area contributed by atoms with Crippen LogP contribution in [0, 0.1) is 0 Å². The highest BCUT2D eigenvalue weighted by molar-refractivity contribution is 5.95. The van der Waals surface area contributed by atoms with Crippen molar-refractivity contribution >= 4 is 5.91 Å². The van der Waals surface area contributed by atoms with Crippen molar-refractivity contribution in [1.82, 2.24) is 25.1 Å². The Hall–Kier alpha value is -3.22. The summed E-state index contributed by atoms with van der Waals surface area (Å²) in [5, 5.41) is 6.74. The Labute approximate surface area is 150 Å². The van der Waals surface area contributed by atoms with Gasteiger partial charge in [-0.1, -0.05) is 12.1 Å². The predicted octanol–water partition coefficient (Wildman–Crippen LogP) is 2.18. The zero-order chi connectivity index (χ0) is 17.9. The monoisotopic (exact) mass is 349 g/mol. The van der Waals surface area contributed by atoms with E-state index < -0.39 is 0 Å². The summed E-state index contributed by atoms with van der Waals surface area (Å²) in [6.45, 7) is 1.32. The number of amides is 1. The molecule has 1 aromatic carbocycles. The molecule has 7 nitrogen and oxygen atoms in total. The fourth-order valence-electron chi connectivity index (χ4n) is 3.41. The summed E-state index contributed by atoms with van der Waals surface area (Å²) in [5.41, 5.74) is 3.27. The maximum Gasteiger partial charge on any atom is 0.253 e. The molecule has 1 fully saturated rings. The topological polar surface area (TPSA) is 94.7 Å². The van der Waals surface area contributed by atoms with Gasteiger partial charge >= 0.3 is 0 Å². The number of nitrogens with zero attached hydrogens (tertiary/aromatic N) is 3.